The standard InChI is InChI=1S/C33H34N2O3.C24H26N2O2.C16H17NO2.C16H19NO.C13H16N2.C9H8O3/c1-2-3-9-29-28(14-16-34-33(29)27-7-5-4-6-8-27)22-35(20-24-10-12-26-15-17-36-31(26)18-24)21-25-11-13-30-32(19-25)38-23-37-30;1-2-3-9-21-20(12-13-26-24(21)19-7-5-4-6-8-19)16-25-15-18-10-11-22-23(14-18)28-17-27-22;1-2-3-9-13-14(16(18)19)10-11-17-15(13)12-7-5-4-6-8-12;1-2-3-9-15-14(12-18)10-11-17-16(15)13-7-5-4-6-8-13;1-2-3-9-12-13(15-10-14-12)11-7-5-4-6-8-11;1-6(10)7-2-3-8-9(4-7)12-5-11-8/h4-8,10-14,16,18-19H,2-3,9,15,17,20-23H2,1H3;4-8,10-14,25H,2-3,9,15-17H2,1H3;4-8,10-11H,2-3,9H2,1H3,(H,18,19);4-8,10-11,18H,2-3,9,12H2,1H3;4-8,10H,2-3,9H2,1H3,(H,14,15);2-4H,5H2,1H3. The number of rotatable bonds is 33. The van der Waals surface area contributed by atoms with Crippen LogP contribution >= 0.6 is 0 Å². The minimum Gasteiger partial charge on any atom is -0.493 e. The number of unbranched alkanes of at least 4 members (excludes halogenated alkanes) is 5. The maximum absolute atomic E-state index is 11.3. The van der Waals surface area contributed by atoms with Gasteiger partial charge in [0.15, 0.2) is 40.3 Å². The van der Waals surface area contributed by atoms with Crippen molar-refractivity contribution in [2.45, 2.75) is 184 Å². The van der Waals surface area contributed by atoms with Gasteiger partial charge in [-0.05, 0) is 205 Å². The molecule has 9 aromatic carbocycles. The van der Waals surface area contributed by atoms with E-state index in [-0.39, 0.29) is 26.0 Å². The molecule has 0 radical (unpaired) electrons. The number of carboxylic acids is 1. The molecule has 0 amide bonds. The molecule has 0 saturated heterocycles. The predicted molar refractivity (Wildman–Crippen MR) is 515 cm³/mol. The van der Waals surface area contributed by atoms with E-state index in [0.717, 1.165) is 196 Å². The average molecular weight is 1740 g/mol. The van der Waals surface area contributed by atoms with Gasteiger partial charge in [-0.3, -0.25) is 29.6 Å². The number of nitrogens with one attached hydrogen (secondary N) is 2. The Labute approximate surface area is 765 Å². The lowest BCUT2D eigenvalue weighted by Crippen LogP contribution is -2.23. The predicted octanol–water partition coefficient (Wildman–Crippen LogP) is 24.5. The van der Waals surface area contributed by atoms with Gasteiger partial charge in [-0.15, -0.1) is 0 Å². The van der Waals surface area contributed by atoms with E-state index in [2.05, 4.69) is 198 Å². The number of aromatic carboxylic acids is 1. The van der Waals surface area contributed by atoms with E-state index in [4.69, 9.17) is 43.1 Å². The first-order valence-corrected chi connectivity index (χ1v) is 45.8. The smallest absolute Gasteiger partial charge is 0.336 e. The summed E-state index contributed by atoms with van der Waals surface area (Å²) in [6, 6.07) is 83.4. The second kappa shape index (κ2) is 49.7. The number of fused-ring (bicyclic) bond motifs is 4. The van der Waals surface area contributed by atoms with E-state index in [0.29, 0.717) is 29.4 Å². The normalized spacial score (nSPS) is 12.0. The summed E-state index contributed by atoms with van der Waals surface area (Å²) in [5, 5.41) is 22.4. The molecule has 14 aromatic rings. The topological polar surface area (TPSA) is 235 Å². The van der Waals surface area contributed by atoms with Gasteiger partial charge < -0.3 is 53.7 Å². The summed E-state index contributed by atoms with van der Waals surface area (Å²) in [5.41, 5.74) is 26.4. The summed E-state index contributed by atoms with van der Waals surface area (Å²) < 4.78 is 38.2. The van der Waals surface area contributed by atoms with Crippen molar-refractivity contribution in [2.75, 3.05) is 27.0 Å². The lowest BCUT2D eigenvalue weighted by molar-refractivity contribution is 0.0695. The number of hydrogen-bond donors (Lipinski definition) is 4. The van der Waals surface area contributed by atoms with Gasteiger partial charge >= 0.3 is 5.97 Å². The van der Waals surface area contributed by atoms with Gasteiger partial charge in [-0.1, -0.05) is 243 Å². The molecule has 0 fully saturated rings. The van der Waals surface area contributed by atoms with Crippen LogP contribution in [0.1, 0.15) is 193 Å². The third-order valence-electron chi connectivity index (χ3n) is 23.0. The number of nitrogens with zero attached hydrogens (tertiary/aromatic N) is 6. The number of imidazole rings is 1. The molecule has 0 bridgehead atoms. The molecule has 670 valence electrons. The fourth-order valence-corrected chi connectivity index (χ4v) is 16.1. The van der Waals surface area contributed by atoms with Crippen molar-refractivity contribution in [1.29, 1.82) is 0 Å². The van der Waals surface area contributed by atoms with Gasteiger partial charge in [0.05, 0.1) is 53.6 Å². The van der Waals surface area contributed by atoms with E-state index in [1.807, 2.05) is 103 Å². The number of ketones is 1. The molecular weight excluding hydrogens is 1620 g/mol. The van der Waals surface area contributed by atoms with E-state index >= 15 is 0 Å². The number of benzene rings is 9. The number of aliphatic hydroxyl groups is 1. The second-order valence-corrected chi connectivity index (χ2v) is 32.4. The van der Waals surface area contributed by atoms with Crippen molar-refractivity contribution in [3.63, 3.8) is 0 Å². The van der Waals surface area contributed by atoms with Crippen LogP contribution in [0.15, 0.2) is 280 Å². The zero-order chi connectivity index (χ0) is 90.4. The number of aromatic amines is 1. The molecule has 9 heterocycles. The molecule has 4 aliphatic heterocycles. The molecule has 19 nitrogen and oxygen atoms in total. The minimum absolute atomic E-state index is 0.0355. The van der Waals surface area contributed by atoms with Crippen molar-refractivity contribution >= 4 is 11.8 Å². The highest BCUT2D eigenvalue weighted by molar-refractivity contribution is 5.95. The molecule has 18 rings (SSSR count). The largest absolute Gasteiger partial charge is 0.493 e. The van der Waals surface area contributed by atoms with Crippen LogP contribution in [0.4, 0.5) is 0 Å². The number of ether oxygens (including phenoxy) is 7. The number of H-pyrrole nitrogens is 1. The molecule has 0 atom stereocenters. The van der Waals surface area contributed by atoms with Crippen LogP contribution < -0.4 is 38.5 Å². The van der Waals surface area contributed by atoms with Gasteiger partial charge in [0, 0.05) is 103 Å². The Bertz CT molecular complexity index is 5840. The summed E-state index contributed by atoms with van der Waals surface area (Å²) in [6.07, 6.45) is 26.2. The first-order chi connectivity index (χ1) is 63.9. The van der Waals surface area contributed by atoms with Crippen molar-refractivity contribution in [1.82, 2.24) is 40.1 Å². The summed E-state index contributed by atoms with van der Waals surface area (Å²) in [4.78, 5) is 50.9. The second-order valence-electron chi connectivity index (χ2n) is 32.4. The molecule has 19 heteroatoms. The van der Waals surface area contributed by atoms with Gasteiger partial charge in [0.1, 0.15) is 5.75 Å². The molecule has 0 unspecified atom stereocenters. The summed E-state index contributed by atoms with van der Waals surface area (Å²) in [5.74, 6) is 4.85. The number of carboxylic acid groups (broad SMARTS) is 1. The molecular formula is C111H120N8O11. The molecule has 4 N–H and O–H groups in total. The number of Topliss-reactive ketones (excluding diaryl/α,β-unsaturated/α-hetero) is 1. The maximum atomic E-state index is 11.3. The molecule has 0 saturated carbocycles. The Kier molecular flexibility index (Phi) is 35.9. The Hall–Kier alpha value is -13.6. The number of aliphatic hydroxyl groups excluding tert-OH is 1. The van der Waals surface area contributed by atoms with E-state index in [9.17, 15) is 19.8 Å². The Balaban J connectivity index is 0.000000139. The third-order valence-corrected chi connectivity index (χ3v) is 23.0. The molecule has 130 heavy (non-hydrogen) atoms. The van der Waals surface area contributed by atoms with Crippen LogP contribution in [-0.2, 0) is 77.9 Å². The SMILES string of the molecule is CC(=O)c1ccc2c(c1)OCO2.CCCCc1[nH]cnc1-c1ccccc1.CCCCc1c(C(=O)O)ccnc1-c1ccccc1.CCCCc1c(CN(Cc2ccc3c(c2)OCC3)Cc2ccc3c(c2)OCO3)ccnc1-c1ccccc1.CCCCc1c(CNCc2ccc3c(c2)OCO3)ccnc1-c1ccccc1.CCCCc1c(CO)ccnc1-c1ccccc1. The summed E-state index contributed by atoms with van der Waals surface area (Å²) in [6.45, 7) is 18.2. The number of hydrogen-bond acceptors (Lipinski definition) is 17. The first-order valence-electron chi connectivity index (χ1n) is 45.8. The number of aryl methyl sites for hydroxylation is 1. The van der Waals surface area contributed by atoms with Crippen molar-refractivity contribution in [3.05, 3.63) is 358 Å². The first kappa shape index (κ1) is 94.0. The molecule has 0 aliphatic carbocycles. The van der Waals surface area contributed by atoms with Crippen LogP contribution in [0.25, 0.3) is 56.3 Å². The lowest BCUT2D eigenvalue weighted by atomic mass is 9.96. The molecule has 5 aromatic heterocycles. The zero-order valence-electron chi connectivity index (χ0n) is 75.7. The van der Waals surface area contributed by atoms with E-state index < -0.39 is 5.97 Å². The van der Waals surface area contributed by atoms with Gasteiger partial charge in [-0.2, -0.15) is 0 Å². The van der Waals surface area contributed by atoms with Crippen LogP contribution in [0.2, 0.25) is 0 Å². The monoisotopic (exact) mass is 1740 g/mol. The van der Waals surface area contributed by atoms with Crippen molar-refractivity contribution in [2.24, 2.45) is 0 Å². The summed E-state index contributed by atoms with van der Waals surface area (Å²) in [7, 11) is 0. The fourth-order valence-electron chi connectivity index (χ4n) is 16.1. The Morgan fingerprint density at radius 3 is 1.25 bits per heavy atom. The number of pyridine rings is 4. The van der Waals surface area contributed by atoms with E-state index in [1.165, 1.54) is 105 Å². The van der Waals surface area contributed by atoms with Crippen LogP contribution in [0, 0.1) is 0 Å². The quantitative estimate of drug-likeness (QED) is 0.0280. The average Bonchev–Trinajstić information content (AvgIpc) is 1.41. The zero-order valence-corrected chi connectivity index (χ0v) is 75.7. The van der Waals surface area contributed by atoms with Crippen LogP contribution in [0.5, 0.6) is 40.2 Å². The Morgan fingerprint density at radius 1 is 0.377 bits per heavy atom. The third kappa shape index (κ3) is 26.3. The number of carbonyl (C=O) groups is 2. The van der Waals surface area contributed by atoms with E-state index in [1.54, 1.807) is 43.0 Å². The van der Waals surface area contributed by atoms with Gasteiger partial charge in [-0.25, -0.2) is 9.78 Å². The van der Waals surface area contributed by atoms with Gasteiger partial charge in [0.25, 0.3) is 0 Å². The molecule has 0 spiro atoms. The summed E-state index contributed by atoms with van der Waals surface area (Å²) >= 11 is 0. The Morgan fingerprint density at radius 2 is 0.769 bits per heavy atom. The highest BCUT2D eigenvalue weighted by Gasteiger charge is 2.24. The lowest BCUT2D eigenvalue weighted by Gasteiger charge is -2.25. The van der Waals surface area contributed by atoms with Crippen LogP contribution in [-0.4, -0.2) is 83.8 Å². The van der Waals surface area contributed by atoms with Crippen molar-refractivity contribution in [3.8, 4) is 96.5 Å². The highest BCUT2D eigenvalue weighted by atomic mass is 16.7. The fraction of sp³-hybridized carbons (Fsp3) is 0.288. The molecule has 4 aliphatic rings. The van der Waals surface area contributed by atoms with Crippen molar-refractivity contribution < 1.29 is 53.0 Å². The highest BCUT2D eigenvalue weighted by Crippen LogP contribution is 2.38. The van der Waals surface area contributed by atoms with Gasteiger partial charge in [0.2, 0.25) is 20.4 Å². The number of carbonyl (C=O) groups excluding carboxylic acids is 1. The van der Waals surface area contributed by atoms with Crippen LogP contribution in [0.3, 0.4) is 0 Å². The maximum Gasteiger partial charge on any atom is 0.336 e. The minimum atomic E-state index is -0.884. The number of aromatic nitrogens is 6.